The van der Waals surface area contributed by atoms with Gasteiger partial charge in [0.15, 0.2) is 0 Å². The van der Waals surface area contributed by atoms with Gasteiger partial charge >= 0.3 is 0 Å². The summed E-state index contributed by atoms with van der Waals surface area (Å²) in [5.41, 5.74) is 3.09. The molecule has 0 aliphatic carbocycles. The first kappa shape index (κ1) is 16.7. The molecule has 1 heterocycles. The van der Waals surface area contributed by atoms with Gasteiger partial charge in [0.1, 0.15) is 5.82 Å². The zero-order chi connectivity index (χ0) is 16.9. The molecule has 1 fully saturated rings. The Balaban J connectivity index is 1.64. The van der Waals surface area contributed by atoms with Crippen LogP contribution in [0.15, 0.2) is 48.5 Å². The molecule has 3 rings (SSSR count). The van der Waals surface area contributed by atoms with E-state index in [1.807, 2.05) is 31.2 Å². The van der Waals surface area contributed by atoms with Crippen molar-refractivity contribution in [1.29, 1.82) is 0 Å². The normalized spacial score (nSPS) is 16.6. The molecule has 24 heavy (non-hydrogen) atoms. The molecule has 1 saturated heterocycles. The average molecular weight is 326 g/mol. The van der Waals surface area contributed by atoms with Crippen LogP contribution < -0.4 is 10.6 Å². The monoisotopic (exact) mass is 326 g/mol. The Hall–Kier alpha value is -2.20. The van der Waals surface area contributed by atoms with Gasteiger partial charge in [-0.2, -0.15) is 0 Å². The minimum Gasteiger partial charge on any atom is -0.349 e. The van der Waals surface area contributed by atoms with E-state index in [2.05, 4.69) is 10.6 Å². The maximum atomic E-state index is 13.0. The van der Waals surface area contributed by atoms with Crippen LogP contribution in [0.25, 0.3) is 11.1 Å². The molecule has 2 N–H and O–H groups in total. The number of rotatable bonds is 4. The first-order valence-electron chi connectivity index (χ1n) is 8.50. The Kier molecular flexibility index (Phi) is 5.26. The zero-order valence-corrected chi connectivity index (χ0v) is 13.9. The maximum Gasteiger partial charge on any atom is 0.223 e. The Morgan fingerprint density at radius 1 is 1.04 bits per heavy atom. The van der Waals surface area contributed by atoms with Crippen LogP contribution in [0, 0.1) is 11.7 Å². The first-order chi connectivity index (χ1) is 11.6. The number of hydrogen-bond acceptors (Lipinski definition) is 2. The molecule has 0 bridgehead atoms. The lowest BCUT2D eigenvalue weighted by atomic mass is 9.96. The third kappa shape index (κ3) is 4.01. The summed E-state index contributed by atoms with van der Waals surface area (Å²) in [6.07, 6.45) is 1.81. The number of carbonyl (C=O) groups excluding carboxylic acids is 1. The topological polar surface area (TPSA) is 41.1 Å². The lowest BCUT2D eigenvalue weighted by Crippen LogP contribution is -2.39. The van der Waals surface area contributed by atoms with Crippen molar-refractivity contribution in [3.8, 4) is 11.1 Å². The van der Waals surface area contributed by atoms with Gasteiger partial charge in [0, 0.05) is 5.92 Å². The number of hydrogen-bond donors (Lipinski definition) is 2. The summed E-state index contributed by atoms with van der Waals surface area (Å²) >= 11 is 0. The van der Waals surface area contributed by atoms with Crippen LogP contribution in [0.5, 0.6) is 0 Å². The van der Waals surface area contributed by atoms with E-state index >= 15 is 0 Å². The number of amides is 1. The van der Waals surface area contributed by atoms with E-state index < -0.39 is 0 Å². The summed E-state index contributed by atoms with van der Waals surface area (Å²) in [5, 5.41) is 6.39. The van der Waals surface area contributed by atoms with Crippen LogP contribution in [0.1, 0.15) is 31.4 Å². The molecule has 0 saturated carbocycles. The van der Waals surface area contributed by atoms with Gasteiger partial charge < -0.3 is 10.6 Å². The summed E-state index contributed by atoms with van der Waals surface area (Å²) < 4.78 is 13.0. The predicted molar refractivity (Wildman–Crippen MR) is 94.0 cm³/mol. The Bertz CT molecular complexity index is 676. The van der Waals surface area contributed by atoms with Gasteiger partial charge in [0.05, 0.1) is 6.04 Å². The molecule has 1 atom stereocenters. The van der Waals surface area contributed by atoms with E-state index in [0.717, 1.165) is 42.6 Å². The van der Waals surface area contributed by atoms with Gasteiger partial charge in [-0.25, -0.2) is 4.39 Å². The summed E-state index contributed by atoms with van der Waals surface area (Å²) in [5.74, 6) is 0.0309. The highest BCUT2D eigenvalue weighted by Crippen LogP contribution is 2.23. The van der Waals surface area contributed by atoms with E-state index in [1.54, 1.807) is 12.1 Å². The van der Waals surface area contributed by atoms with Crippen molar-refractivity contribution in [3.63, 3.8) is 0 Å². The van der Waals surface area contributed by atoms with Gasteiger partial charge in [0.25, 0.3) is 0 Å². The Labute approximate surface area is 142 Å². The molecule has 126 valence electrons. The second-order valence-corrected chi connectivity index (χ2v) is 6.38. The number of benzene rings is 2. The lowest BCUT2D eigenvalue weighted by Gasteiger charge is -2.24. The van der Waals surface area contributed by atoms with Crippen molar-refractivity contribution in [2.75, 3.05) is 13.1 Å². The second kappa shape index (κ2) is 7.58. The largest absolute Gasteiger partial charge is 0.349 e. The average Bonchev–Trinajstić information content (AvgIpc) is 2.63. The fourth-order valence-corrected chi connectivity index (χ4v) is 3.11. The molecule has 1 aliphatic rings. The van der Waals surface area contributed by atoms with E-state index in [1.165, 1.54) is 12.1 Å². The SMILES string of the molecule is C[C@@H](NC(=O)C1CCNCC1)c1ccc(-c2ccc(F)cc2)cc1. The van der Waals surface area contributed by atoms with Crippen LogP contribution in [0.3, 0.4) is 0 Å². The minimum atomic E-state index is -0.232. The van der Waals surface area contributed by atoms with E-state index in [9.17, 15) is 9.18 Å². The number of nitrogens with one attached hydrogen (secondary N) is 2. The molecular weight excluding hydrogens is 303 g/mol. The third-order valence-electron chi connectivity index (χ3n) is 4.66. The van der Waals surface area contributed by atoms with Crippen LogP contribution in [0.2, 0.25) is 0 Å². The van der Waals surface area contributed by atoms with Crippen molar-refractivity contribution in [2.45, 2.75) is 25.8 Å². The van der Waals surface area contributed by atoms with Gasteiger partial charge in [-0.05, 0) is 61.7 Å². The van der Waals surface area contributed by atoms with E-state index in [4.69, 9.17) is 0 Å². The summed E-state index contributed by atoms with van der Waals surface area (Å²) in [6, 6.07) is 14.5. The first-order valence-corrected chi connectivity index (χ1v) is 8.50. The molecule has 0 radical (unpaired) electrons. The highest BCUT2D eigenvalue weighted by Gasteiger charge is 2.22. The van der Waals surface area contributed by atoms with E-state index in [0.29, 0.717) is 0 Å². The van der Waals surface area contributed by atoms with Crippen LogP contribution in [-0.2, 0) is 4.79 Å². The number of piperidine rings is 1. The molecule has 0 unspecified atom stereocenters. The van der Waals surface area contributed by atoms with Gasteiger partial charge in [-0.15, -0.1) is 0 Å². The molecule has 2 aromatic carbocycles. The van der Waals surface area contributed by atoms with Crippen molar-refractivity contribution in [3.05, 3.63) is 59.9 Å². The zero-order valence-electron chi connectivity index (χ0n) is 13.9. The van der Waals surface area contributed by atoms with Crippen molar-refractivity contribution in [1.82, 2.24) is 10.6 Å². The minimum absolute atomic E-state index is 0.0188. The highest BCUT2D eigenvalue weighted by molar-refractivity contribution is 5.79. The molecule has 1 amide bonds. The van der Waals surface area contributed by atoms with Crippen LogP contribution in [0.4, 0.5) is 4.39 Å². The Morgan fingerprint density at radius 2 is 1.58 bits per heavy atom. The van der Waals surface area contributed by atoms with Gasteiger partial charge in [-0.1, -0.05) is 36.4 Å². The van der Waals surface area contributed by atoms with Gasteiger partial charge in [0.2, 0.25) is 5.91 Å². The summed E-state index contributed by atoms with van der Waals surface area (Å²) in [4.78, 5) is 12.3. The lowest BCUT2D eigenvalue weighted by molar-refractivity contribution is -0.126. The van der Waals surface area contributed by atoms with Crippen LogP contribution in [-0.4, -0.2) is 19.0 Å². The molecular formula is C20H23FN2O. The molecule has 0 aromatic heterocycles. The number of halogens is 1. The quantitative estimate of drug-likeness (QED) is 0.900. The van der Waals surface area contributed by atoms with E-state index in [-0.39, 0.29) is 23.7 Å². The summed E-state index contributed by atoms with van der Waals surface area (Å²) in [6.45, 7) is 3.84. The number of carbonyl (C=O) groups is 1. The fraction of sp³-hybridized carbons (Fsp3) is 0.350. The summed E-state index contributed by atoms with van der Waals surface area (Å²) in [7, 11) is 0. The molecule has 0 spiro atoms. The molecule has 1 aliphatic heterocycles. The van der Waals surface area contributed by atoms with Gasteiger partial charge in [-0.3, -0.25) is 4.79 Å². The fourth-order valence-electron chi connectivity index (χ4n) is 3.11. The second-order valence-electron chi connectivity index (χ2n) is 6.38. The van der Waals surface area contributed by atoms with Crippen molar-refractivity contribution < 1.29 is 9.18 Å². The highest BCUT2D eigenvalue weighted by atomic mass is 19.1. The van der Waals surface area contributed by atoms with Crippen molar-refractivity contribution in [2.24, 2.45) is 5.92 Å². The third-order valence-corrected chi connectivity index (χ3v) is 4.66. The molecule has 3 nitrogen and oxygen atoms in total. The maximum absolute atomic E-state index is 13.0. The molecule has 2 aromatic rings. The smallest absolute Gasteiger partial charge is 0.223 e. The standard InChI is InChI=1S/C20H23FN2O/c1-14(23-20(24)18-10-12-22-13-11-18)15-2-4-16(5-3-15)17-6-8-19(21)9-7-17/h2-9,14,18,22H,10-13H2,1H3,(H,23,24)/t14-/m1/s1. The predicted octanol–water partition coefficient (Wildman–Crippen LogP) is 3.67. The van der Waals surface area contributed by atoms with Crippen LogP contribution >= 0.6 is 0 Å². The van der Waals surface area contributed by atoms with Crippen molar-refractivity contribution >= 4 is 5.91 Å². The molecule has 4 heteroatoms. The Morgan fingerprint density at radius 3 is 2.17 bits per heavy atom.